The van der Waals surface area contributed by atoms with Crippen molar-refractivity contribution in [1.82, 2.24) is 0 Å². The number of aliphatic hydroxyl groups excluding tert-OH is 1. The molecule has 1 rings (SSSR count). The van der Waals surface area contributed by atoms with E-state index in [1.165, 1.54) is 6.92 Å². The molecule has 0 aliphatic carbocycles. The van der Waals surface area contributed by atoms with E-state index in [9.17, 15) is 15.0 Å². The molecule has 0 aromatic heterocycles. The van der Waals surface area contributed by atoms with Crippen molar-refractivity contribution in [3.8, 4) is 0 Å². The summed E-state index contributed by atoms with van der Waals surface area (Å²) in [5.41, 5.74) is 1.41. The second-order valence-corrected chi connectivity index (χ2v) is 5.67. The second kappa shape index (κ2) is 7.23. The van der Waals surface area contributed by atoms with Crippen LogP contribution in [0.15, 0.2) is 23.0 Å². The minimum absolute atomic E-state index is 0.369. The lowest BCUT2D eigenvalue weighted by molar-refractivity contribution is -0.211. The molecule has 1 aliphatic rings. The van der Waals surface area contributed by atoms with Crippen molar-refractivity contribution in [2.75, 3.05) is 0 Å². The summed E-state index contributed by atoms with van der Waals surface area (Å²) in [5.74, 6) is -1.80. The largest absolute Gasteiger partial charge is 0.451 e. The van der Waals surface area contributed by atoms with Crippen molar-refractivity contribution in [2.24, 2.45) is 5.92 Å². The predicted octanol–water partition coefficient (Wildman–Crippen LogP) is 3.09. The Balaban J connectivity index is 3.25. The lowest BCUT2D eigenvalue weighted by Crippen LogP contribution is -2.47. The summed E-state index contributed by atoms with van der Waals surface area (Å²) in [7, 11) is 0. The lowest BCUT2D eigenvalue weighted by Gasteiger charge is -2.25. The number of carbonyl (C=O) groups is 1. The average Bonchev–Trinajstić information content (AvgIpc) is 2.72. The molecule has 0 bridgehead atoms. The normalized spacial score (nSPS) is 24.8. The Kier molecular flexibility index (Phi) is 6.17. The Morgan fingerprint density at radius 2 is 1.90 bits per heavy atom. The fourth-order valence-corrected chi connectivity index (χ4v) is 2.66. The molecule has 4 nitrogen and oxygen atoms in total. The minimum Gasteiger partial charge on any atom is -0.451 e. The van der Waals surface area contributed by atoms with Crippen LogP contribution in [0.5, 0.6) is 0 Å². The van der Waals surface area contributed by atoms with Gasteiger partial charge in [0.15, 0.2) is 0 Å². The minimum atomic E-state index is -2.14. The molecule has 1 aliphatic heterocycles. The van der Waals surface area contributed by atoms with Gasteiger partial charge in [-0.15, -0.1) is 0 Å². The molecule has 0 amide bonds. The van der Waals surface area contributed by atoms with E-state index in [1.54, 1.807) is 0 Å². The summed E-state index contributed by atoms with van der Waals surface area (Å²) >= 11 is 0. The molecule has 4 heteroatoms. The van der Waals surface area contributed by atoms with Gasteiger partial charge in [-0.1, -0.05) is 39.7 Å². The van der Waals surface area contributed by atoms with Gasteiger partial charge < -0.3 is 14.9 Å². The van der Waals surface area contributed by atoms with Gasteiger partial charge in [0, 0.05) is 5.57 Å². The number of hydrogen-bond donors (Lipinski definition) is 2. The van der Waals surface area contributed by atoms with Crippen LogP contribution in [-0.2, 0) is 9.53 Å². The molecule has 0 fully saturated rings. The van der Waals surface area contributed by atoms with Crippen molar-refractivity contribution in [3.05, 3.63) is 23.0 Å². The molecular weight excluding hydrogens is 268 g/mol. The van der Waals surface area contributed by atoms with Crippen LogP contribution in [0.1, 0.15) is 60.3 Å². The fraction of sp³-hybridized carbons (Fsp3) is 0.706. The average molecular weight is 296 g/mol. The van der Waals surface area contributed by atoms with E-state index in [-0.39, 0.29) is 0 Å². The topological polar surface area (TPSA) is 66.8 Å². The molecular formula is C17H28O4. The highest BCUT2D eigenvalue weighted by Gasteiger charge is 2.52. The number of carbonyl (C=O) groups excluding carboxylic acids is 1. The SMILES string of the molecule is CC=C(CC)C1=C(CC(CC)CC)C(=O)C(O)(C(C)O)O1. The number of allylic oxidation sites excluding steroid dienone is 2. The predicted molar refractivity (Wildman–Crippen MR) is 82.5 cm³/mol. The molecule has 0 spiro atoms. The third kappa shape index (κ3) is 3.38. The Bertz CT molecular complexity index is 444. The van der Waals surface area contributed by atoms with E-state index in [0.717, 1.165) is 18.4 Å². The highest BCUT2D eigenvalue weighted by atomic mass is 16.6. The van der Waals surface area contributed by atoms with Crippen LogP contribution >= 0.6 is 0 Å². The van der Waals surface area contributed by atoms with E-state index < -0.39 is 17.7 Å². The third-order valence-electron chi connectivity index (χ3n) is 4.37. The van der Waals surface area contributed by atoms with E-state index in [0.29, 0.717) is 30.1 Å². The van der Waals surface area contributed by atoms with Gasteiger partial charge in [0.05, 0.1) is 0 Å². The number of ether oxygens (including phenoxy) is 1. The van der Waals surface area contributed by atoms with Gasteiger partial charge in [-0.3, -0.25) is 4.79 Å². The van der Waals surface area contributed by atoms with Gasteiger partial charge in [0.25, 0.3) is 5.79 Å². The quantitative estimate of drug-likeness (QED) is 0.757. The maximum atomic E-state index is 12.6. The summed E-state index contributed by atoms with van der Waals surface area (Å²) < 4.78 is 5.54. The van der Waals surface area contributed by atoms with Gasteiger partial charge >= 0.3 is 0 Å². The van der Waals surface area contributed by atoms with Crippen LogP contribution in [0.3, 0.4) is 0 Å². The molecule has 0 radical (unpaired) electrons. The molecule has 1 heterocycles. The zero-order valence-electron chi connectivity index (χ0n) is 13.8. The monoisotopic (exact) mass is 296 g/mol. The Labute approximate surface area is 127 Å². The summed E-state index contributed by atoms with van der Waals surface area (Å²) in [6, 6.07) is 0. The van der Waals surface area contributed by atoms with E-state index in [2.05, 4.69) is 13.8 Å². The Hall–Kier alpha value is -1.13. The van der Waals surface area contributed by atoms with E-state index in [1.807, 2.05) is 19.9 Å². The summed E-state index contributed by atoms with van der Waals surface area (Å²) in [6.45, 7) is 9.41. The summed E-state index contributed by atoms with van der Waals surface area (Å²) in [4.78, 5) is 12.6. The smallest absolute Gasteiger partial charge is 0.298 e. The maximum Gasteiger partial charge on any atom is 0.298 e. The van der Waals surface area contributed by atoms with Gasteiger partial charge in [-0.05, 0) is 38.2 Å². The molecule has 0 aromatic rings. The number of aliphatic hydroxyl groups is 2. The molecule has 2 atom stereocenters. The van der Waals surface area contributed by atoms with Crippen LogP contribution in [-0.4, -0.2) is 27.9 Å². The van der Waals surface area contributed by atoms with Crippen LogP contribution in [0, 0.1) is 5.92 Å². The van der Waals surface area contributed by atoms with Crippen LogP contribution in [0.25, 0.3) is 0 Å². The zero-order chi connectivity index (χ0) is 16.2. The van der Waals surface area contributed by atoms with Crippen molar-refractivity contribution in [2.45, 2.75) is 72.2 Å². The molecule has 0 saturated heterocycles. The summed E-state index contributed by atoms with van der Waals surface area (Å²) in [6.07, 6.45) is 3.84. The number of rotatable bonds is 7. The first kappa shape index (κ1) is 17.9. The molecule has 21 heavy (non-hydrogen) atoms. The van der Waals surface area contributed by atoms with Gasteiger partial charge in [0.1, 0.15) is 11.9 Å². The fourth-order valence-electron chi connectivity index (χ4n) is 2.66. The van der Waals surface area contributed by atoms with Crippen LogP contribution < -0.4 is 0 Å². The number of ketones is 1. The first-order valence-electron chi connectivity index (χ1n) is 7.88. The van der Waals surface area contributed by atoms with Crippen molar-refractivity contribution in [3.63, 3.8) is 0 Å². The highest BCUT2D eigenvalue weighted by molar-refractivity contribution is 6.04. The van der Waals surface area contributed by atoms with Crippen molar-refractivity contribution >= 4 is 5.78 Å². The van der Waals surface area contributed by atoms with E-state index in [4.69, 9.17) is 4.74 Å². The van der Waals surface area contributed by atoms with Crippen molar-refractivity contribution < 1.29 is 19.7 Å². The second-order valence-electron chi connectivity index (χ2n) is 5.67. The van der Waals surface area contributed by atoms with Gasteiger partial charge in [-0.25, -0.2) is 0 Å². The summed E-state index contributed by atoms with van der Waals surface area (Å²) in [5, 5.41) is 20.1. The first-order chi connectivity index (χ1) is 9.85. The highest BCUT2D eigenvalue weighted by Crippen LogP contribution is 2.39. The van der Waals surface area contributed by atoms with Gasteiger partial charge in [0.2, 0.25) is 5.78 Å². The maximum absolute atomic E-state index is 12.6. The molecule has 0 saturated carbocycles. The third-order valence-corrected chi connectivity index (χ3v) is 4.37. The number of Topliss-reactive ketones (excluding diaryl/α,β-unsaturated/α-hetero) is 1. The Morgan fingerprint density at radius 3 is 2.29 bits per heavy atom. The Morgan fingerprint density at radius 1 is 1.33 bits per heavy atom. The lowest BCUT2D eigenvalue weighted by atomic mass is 9.88. The van der Waals surface area contributed by atoms with Gasteiger partial charge in [-0.2, -0.15) is 0 Å². The van der Waals surface area contributed by atoms with Crippen molar-refractivity contribution in [1.29, 1.82) is 0 Å². The molecule has 0 aromatic carbocycles. The van der Waals surface area contributed by atoms with Crippen LogP contribution in [0.2, 0.25) is 0 Å². The molecule has 2 unspecified atom stereocenters. The number of hydrogen-bond acceptors (Lipinski definition) is 4. The first-order valence-corrected chi connectivity index (χ1v) is 7.88. The molecule has 2 N–H and O–H groups in total. The zero-order valence-corrected chi connectivity index (χ0v) is 13.8. The van der Waals surface area contributed by atoms with Crippen LogP contribution in [0.4, 0.5) is 0 Å². The molecule has 120 valence electrons. The van der Waals surface area contributed by atoms with E-state index >= 15 is 0 Å². The standard InChI is InChI=1S/C17H28O4/c1-6-12(7-2)10-14-15(13(8-3)9-4)21-17(20,11(5)18)16(14)19/h8,11-12,18,20H,6-7,9-10H2,1-5H3.